The highest BCUT2D eigenvalue weighted by Gasteiger charge is 2.21. The van der Waals surface area contributed by atoms with E-state index >= 15 is 0 Å². The summed E-state index contributed by atoms with van der Waals surface area (Å²) in [6.07, 6.45) is 44.8. The molecule has 0 heterocycles. The van der Waals surface area contributed by atoms with E-state index in [1.807, 2.05) is 33.3 Å². The Morgan fingerprint density at radius 3 is 1.68 bits per heavy atom. The molecule has 1 unspecified atom stereocenters. The van der Waals surface area contributed by atoms with Crippen molar-refractivity contribution in [2.45, 2.75) is 168 Å². The Morgan fingerprint density at radius 1 is 0.576 bits per heavy atom. The topological polar surface area (TPSA) is 128 Å². The zero-order valence-electron chi connectivity index (χ0n) is 37.7. The van der Waals surface area contributed by atoms with E-state index in [9.17, 15) is 23.8 Å². The van der Waals surface area contributed by atoms with Gasteiger partial charge in [-0.1, -0.05) is 132 Å². The van der Waals surface area contributed by atoms with E-state index < -0.39 is 32.5 Å². The summed E-state index contributed by atoms with van der Waals surface area (Å²) in [4.78, 5) is 49.3. The number of hydrogen-bond acceptors (Lipinski definition) is 9. The molecular weight excluding hydrogens is 766 g/mol. The molecular formula is C48H82NO9P. The molecule has 0 aromatic rings. The van der Waals surface area contributed by atoms with Crippen LogP contribution in [0.2, 0.25) is 0 Å². The second kappa shape index (κ2) is 39.3. The quantitative estimate of drug-likeness (QED) is 0.0113. The molecule has 0 aliphatic heterocycles. The number of rotatable bonds is 40. The van der Waals surface area contributed by atoms with Crippen LogP contribution in [0.4, 0.5) is 0 Å². The van der Waals surface area contributed by atoms with Crippen LogP contribution in [0.15, 0.2) is 72.9 Å². The minimum Gasteiger partial charge on any atom is -0.756 e. The number of allylic oxidation sites excluding steroid dienone is 12. The fourth-order valence-corrected chi connectivity index (χ4v) is 6.29. The van der Waals surface area contributed by atoms with E-state index in [2.05, 4.69) is 68.5 Å². The summed E-state index contributed by atoms with van der Waals surface area (Å²) in [5.74, 6) is -0.765. The summed E-state index contributed by atoms with van der Waals surface area (Å²) in [6.45, 7) is 3.93. The molecule has 0 N–H and O–H groups in total. The molecule has 0 fully saturated rings. The lowest BCUT2D eigenvalue weighted by molar-refractivity contribution is -0.870. The van der Waals surface area contributed by atoms with Crippen LogP contribution in [0.1, 0.15) is 162 Å². The molecule has 0 spiro atoms. The second-order valence-electron chi connectivity index (χ2n) is 16.1. The summed E-state index contributed by atoms with van der Waals surface area (Å²) >= 11 is 0. The van der Waals surface area contributed by atoms with Crippen LogP contribution in [0, 0.1) is 0 Å². The van der Waals surface area contributed by atoms with Crippen molar-refractivity contribution in [1.82, 2.24) is 0 Å². The number of nitrogens with zero attached hydrogens (tertiary/aromatic N) is 1. The fourth-order valence-electron chi connectivity index (χ4n) is 5.56. The molecule has 0 saturated heterocycles. The van der Waals surface area contributed by atoms with Crippen LogP contribution < -0.4 is 4.89 Å². The molecule has 338 valence electrons. The Kier molecular flexibility index (Phi) is 37.4. The van der Waals surface area contributed by atoms with Crippen molar-refractivity contribution in [1.29, 1.82) is 0 Å². The van der Waals surface area contributed by atoms with Gasteiger partial charge in [-0.15, -0.1) is 0 Å². The maximum absolute atomic E-state index is 12.7. The number of quaternary nitrogens is 1. The summed E-state index contributed by atoms with van der Waals surface area (Å²) < 4.78 is 33.8. The smallest absolute Gasteiger partial charge is 0.306 e. The van der Waals surface area contributed by atoms with Gasteiger partial charge in [-0.25, -0.2) is 0 Å². The van der Waals surface area contributed by atoms with E-state index in [1.165, 1.54) is 25.7 Å². The Morgan fingerprint density at radius 2 is 1.07 bits per heavy atom. The van der Waals surface area contributed by atoms with E-state index in [-0.39, 0.29) is 31.8 Å². The Hall–Kier alpha value is -2.88. The fraction of sp³-hybridized carbons (Fsp3) is 0.688. The largest absolute Gasteiger partial charge is 0.756 e. The minimum atomic E-state index is -4.66. The number of likely N-dealkylation sites (N-methyl/N-ethyl adjacent to an activating group) is 1. The Balaban J connectivity index is 4.49. The number of unbranched alkanes of at least 4 members (excludes halogenated alkanes) is 13. The third kappa shape index (κ3) is 43.0. The monoisotopic (exact) mass is 848 g/mol. The zero-order valence-corrected chi connectivity index (χ0v) is 38.6. The number of ketones is 1. The second-order valence-corrected chi connectivity index (χ2v) is 17.5. The first-order valence-electron chi connectivity index (χ1n) is 22.6. The van der Waals surface area contributed by atoms with Crippen molar-refractivity contribution in [2.75, 3.05) is 47.5 Å². The van der Waals surface area contributed by atoms with Crippen LogP contribution in [0.5, 0.6) is 0 Å². The van der Waals surface area contributed by atoms with Gasteiger partial charge < -0.3 is 27.9 Å². The summed E-state index contributed by atoms with van der Waals surface area (Å²) in [7, 11) is 1.08. The molecule has 0 aromatic heterocycles. The van der Waals surface area contributed by atoms with Crippen molar-refractivity contribution < 1.29 is 46.8 Å². The Labute approximate surface area is 359 Å². The van der Waals surface area contributed by atoms with Crippen molar-refractivity contribution in [3.8, 4) is 0 Å². The molecule has 11 heteroatoms. The maximum atomic E-state index is 12.7. The zero-order chi connectivity index (χ0) is 43.7. The van der Waals surface area contributed by atoms with Gasteiger partial charge in [0.2, 0.25) is 0 Å². The highest BCUT2D eigenvalue weighted by atomic mass is 31.2. The van der Waals surface area contributed by atoms with Crippen molar-refractivity contribution >= 4 is 25.5 Å². The molecule has 0 rings (SSSR count). The van der Waals surface area contributed by atoms with Crippen LogP contribution in [0.25, 0.3) is 0 Å². The van der Waals surface area contributed by atoms with E-state index in [4.69, 9.17) is 18.5 Å². The predicted octanol–water partition coefficient (Wildman–Crippen LogP) is 11.6. The first-order chi connectivity index (χ1) is 28.4. The van der Waals surface area contributed by atoms with Gasteiger partial charge in [-0.2, -0.15) is 0 Å². The number of ether oxygens (including phenoxy) is 2. The molecule has 0 bridgehead atoms. The summed E-state index contributed by atoms with van der Waals surface area (Å²) in [5.41, 5.74) is 0. The summed E-state index contributed by atoms with van der Waals surface area (Å²) in [5, 5.41) is 0. The molecule has 59 heavy (non-hydrogen) atoms. The first kappa shape index (κ1) is 56.1. The van der Waals surface area contributed by atoms with Crippen molar-refractivity contribution in [3.05, 3.63) is 72.9 Å². The van der Waals surface area contributed by atoms with Gasteiger partial charge >= 0.3 is 11.9 Å². The lowest BCUT2D eigenvalue weighted by atomic mass is 10.1. The van der Waals surface area contributed by atoms with Crippen LogP contribution >= 0.6 is 7.82 Å². The maximum Gasteiger partial charge on any atom is 0.306 e. The van der Waals surface area contributed by atoms with Gasteiger partial charge in [0.05, 0.1) is 27.7 Å². The molecule has 2 atom stereocenters. The normalized spacial score (nSPS) is 14.1. The number of carbonyl (C=O) groups is 3. The molecule has 0 radical (unpaired) electrons. The van der Waals surface area contributed by atoms with Crippen molar-refractivity contribution in [2.24, 2.45) is 0 Å². The van der Waals surface area contributed by atoms with Gasteiger partial charge in [0.15, 0.2) is 11.9 Å². The molecule has 0 aliphatic carbocycles. The van der Waals surface area contributed by atoms with E-state index in [0.29, 0.717) is 30.3 Å². The Bertz CT molecular complexity index is 1300. The summed E-state index contributed by atoms with van der Waals surface area (Å²) in [6, 6.07) is 0. The average molecular weight is 848 g/mol. The molecule has 0 saturated carbocycles. The highest BCUT2D eigenvalue weighted by molar-refractivity contribution is 7.45. The molecule has 0 aromatic carbocycles. The van der Waals surface area contributed by atoms with Crippen LogP contribution in [-0.2, 0) is 37.5 Å². The van der Waals surface area contributed by atoms with E-state index in [0.717, 1.165) is 89.9 Å². The average Bonchev–Trinajstić information content (AvgIpc) is 3.18. The van der Waals surface area contributed by atoms with Gasteiger partial charge in [-0.05, 0) is 83.1 Å². The number of carbonyl (C=O) groups excluding carboxylic acids is 3. The lowest BCUT2D eigenvalue weighted by Gasteiger charge is -2.28. The third-order valence-electron chi connectivity index (χ3n) is 9.18. The van der Waals surface area contributed by atoms with Crippen molar-refractivity contribution in [3.63, 3.8) is 0 Å². The van der Waals surface area contributed by atoms with Gasteiger partial charge in [0.1, 0.15) is 19.8 Å². The van der Waals surface area contributed by atoms with E-state index in [1.54, 1.807) is 6.08 Å². The number of esters is 2. The van der Waals surface area contributed by atoms with Gasteiger partial charge in [0.25, 0.3) is 7.82 Å². The van der Waals surface area contributed by atoms with Gasteiger partial charge in [0, 0.05) is 19.3 Å². The molecule has 0 amide bonds. The lowest BCUT2D eigenvalue weighted by Crippen LogP contribution is -2.37. The van der Waals surface area contributed by atoms with Crippen LogP contribution in [0.3, 0.4) is 0 Å². The van der Waals surface area contributed by atoms with Gasteiger partial charge in [-0.3, -0.25) is 18.9 Å². The number of phosphoric ester groups is 1. The van der Waals surface area contributed by atoms with Crippen LogP contribution in [-0.4, -0.2) is 75.8 Å². The SMILES string of the molecule is CCCCC/C=C\C/C=C\C/C=C\C/C=C\CCCCCC(=O)O[C@H](COC(=O)CCCCCCC/C=C\C=C\C(=O)CCCCC)COP(=O)([O-])OCC[N+](C)(C)C. The number of phosphoric acid groups is 1. The predicted molar refractivity (Wildman–Crippen MR) is 241 cm³/mol. The third-order valence-corrected chi connectivity index (χ3v) is 10.1. The standard InChI is InChI=1S/C48H82NO9P/c1-6-8-10-11-12-13-14-15-16-17-18-19-20-21-22-25-29-32-36-40-48(52)58-46(44-57-59(53,54)56-42-41-49(3,4)5)43-55-47(51)39-35-31-28-26-23-24-27-30-34-38-45(50)37-33-9-7-2/h12-13,15-16,18-19,21-22,27,30,34,38,46H,6-11,14,17,20,23-26,28-29,31-33,35-37,39-44H2,1-5H3/b13-12-,16-15-,19-18-,22-21-,30-27-,38-34+/t46-/m1/s1. The first-order valence-corrected chi connectivity index (χ1v) is 24.1. The minimum absolute atomic E-state index is 0.0553. The highest BCUT2D eigenvalue weighted by Crippen LogP contribution is 2.38. The molecule has 0 aliphatic rings. The molecule has 10 nitrogen and oxygen atoms in total. The number of hydrogen-bond donors (Lipinski definition) is 0.